The molecular weight excluding hydrogens is 540 g/mol. The molecule has 2 aromatic carbocycles. The molecule has 1 unspecified atom stereocenters. The largest absolute Gasteiger partial charge is 0.485 e. The van der Waals surface area contributed by atoms with Gasteiger partial charge >= 0.3 is 5.97 Å². The van der Waals surface area contributed by atoms with Crippen molar-refractivity contribution in [2.75, 3.05) is 37.7 Å². The molecule has 3 aromatic rings. The molecule has 3 aliphatic heterocycles. The van der Waals surface area contributed by atoms with Gasteiger partial charge in [-0.1, -0.05) is 24.3 Å². The van der Waals surface area contributed by atoms with E-state index < -0.39 is 23.6 Å². The lowest BCUT2D eigenvalue weighted by molar-refractivity contribution is -0.139. The Morgan fingerprint density at radius 2 is 1.86 bits per heavy atom. The highest BCUT2D eigenvalue weighted by Crippen LogP contribution is 2.36. The van der Waals surface area contributed by atoms with E-state index in [0.717, 1.165) is 69.2 Å². The molecule has 0 aliphatic carbocycles. The topological polar surface area (TPSA) is 75.1 Å². The molecule has 0 radical (unpaired) electrons. The normalized spacial score (nSPS) is 20.4. The number of hydrogen-bond donors (Lipinski definition) is 1. The van der Waals surface area contributed by atoms with E-state index in [-0.39, 0.29) is 17.9 Å². The van der Waals surface area contributed by atoms with Gasteiger partial charge in [-0.3, -0.25) is 4.90 Å². The number of halogens is 2. The van der Waals surface area contributed by atoms with E-state index >= 15 is 4.39 Å². The first-order valence-corrected chi connectivity index (χ1v) is 14.9. The molecule has 42 heavy (non-hydrogen) atoms. The van der Waals surface area contributed by atoms with Gasteiger partial charge in [-0.05, 0) is 92.9 Å². The van der Waals surface area contributed by atoms with Gasteiger partial charge < -0.3 is 19.5 Å². The molecule has 1 N–H and O–H groups in total. The summed E-state index contributed by atoms with van der Waals surface area (Å²) in [5, 5.41) is 9.71. The van der Waals surface area contributed by atoms with Gasteiger partial charge in [-0.2, -0.15) is 0 Å². The Balaban J connectivity index is 1.19. The van der Waals surface area contributed by atoms with E-state index in [1.165, 1.54) is 11.6 Å². The van der Waals surface area contributed by atoms with Crippen LogP contribution < -0.4 is 9.64 Å². The van der Waals surface area contributed by atoms with Crippen LogP contribution in [0.15, 0.2) is 48.5 Å². The number of carboxylic acid groups (broad SMARTS) is 1. The van der Waals surface area contributed by atoms with Crippen molar-refractivity contribution in [3.63, 3.8) is 0 Å². The third kappa shape index (κ3) is 5.99. The number of carbonyl (C=O) groups is 1. The number of likely N-dealkylation sites (tertiary alicyclic amines) is 1. The Morgan fingerprint density at radius 3 is 2.57 bits per heavy atom. The summed E-state index contributed by atoms with van der Waals surface area (Å²) in [7, 11) is 0. The first-order valence-electron chi connectivity index (χ1n) is 14.9. The van der Waals surface area contributed by atoms with E-state index in [1.807, 2.05) is 13.0 Å². The minimum Gasteiger partial charge on any atom is -0.485 e. The van der Waals surface area contributed by atoms with Crippen LogP contribution in [0.5, 0.6) is 5.75 Å². The van der Waals surface area contributed by atoms with Gasteiger partial charge in [0.2, 0.25) is 0 Å². The van der Waals surface area contributed by atoms with Gasteiger partial charge in [0.15, 0.2) is 11.6 Å². The molecule has 3 fully saturated rings. The maximum atomic E-state index is 15.2. The van der Waals surface area contributed by atoms with Crippen LogP contribution in [0.1, 0.15) is 54.7 Å². The summed E-state index contributed by atoms with van der Waals surface area (Å²) in [6.07, 6.45) is 4.44. The number of carboxylic acids is 1. The molecule has 0 amide bonds. The average Bonchev–Trinajstić information content (AvgIpc) is 2.96. The van der Waals surface area contributed by atoms with Gasteiger partial charge in [0, 0.05) is 18.2 Å². The van der Waals surface area contributed by atoms with E-state index in [4.69, 9.17) is 9.47 Å². The van der Waals surface area contributed by atoms with Gasteiger partial charge in [0.05, 0.1) is 24.9 Å². The molecule has 0 spiro atoms. The molecule has 1 aromatic heterocycles. The van der Waals surface area contributed by atoms with E-state index in [2.05, 4.69) is 22.0 Å². The van der Waals surface area contributed by atoms with E-state index in [0.29, 0.717) is 36.4 Å². The van der Waals surface area contributed by atoms with Gasteiger partial charge in [0.1, 0.15) is 24.3 Å². The zero-order chi connectivity index (χ0) is 29.2. The van der Waals surface area contributed by atoms with Crippen molar-refractivity contribution in [1.29, 1.82) is 0 Å². The van der Waals surface area contributed by atoms with Gasteiger partial charge in [-0.25, -0.2) is 18.6 Å². The molecular formula is C33H37F2N3O4. The molecule has 1 atom stereocenters. The zero-order valence-corrected chi connectivity index (χ0v) is 23.9. The number of nitrogens with zero attached hydrogens (tertiary/aromatic N) is 3. The number of ether oxygens (including phenoxy) is 2. The van der Waals surface area contributed by atoms with Crippen LogP contribution in [0.4, 0.5) is 14.6 Å². The number of pyridine rings is 1. The predicted octanol–water partition coefficient (Wildman–Crippen LogP) is 5.94. The number of benzene rings is 2. The fraction of sp³-hybridized carbons (Fsp3) is 0.455. The van der Waals surface area contributed by atoms with Crippen molar-refractivity contribution < 1.29 is 28.2 Å². The highest BCUT2D eigenvalue weighted by Gasteiger charge is 2.31. The van der Waals surface area contributed by atoms with Crippen molar-refractivity contribution in [3.8, 4) is 17.0 Å². The monoisotopic (exact) mass is 577 g/mol. The lowest BCUT2D eigenvalue weighted by Crippen LogP contribution is -2.51. The predicted molar refractivity (Wildman–Crippen MR) is 156 cm³/mol. The second-order valence-corrected chi connectivity index (χ2v) is 11.7. The fourth-order valence-corrected chi connectivity index (χ4v) is 6.41. The Kier molecular flexibility index (Phi) is 8.40. The van der Waals surface area contributed by atoms with Crippen LogP contribution in [0.25, 0.3) is 11.3 Å². The van der Waals surface area contributed by atoms with Gasteiger partial charge in [0.25, 0.3) is 0 Å². The van der Waals surface area contributed by atoms with Crippen molar-refractivity contribution in [1.82, 2.24) is 9.88 Å². The maximum absolute atomic E-state index is 15.2. The molecule has 6 rings (SSSR count). The van der Waals surface area contributed by atoms with Crippen molar-refractivity contribution in [3.05, 3.63) is 76.9 Å². The van der Waals surface area contributed by atoms with Crippen molar-refractivity contribution in [2.45, 2.75) is 63.6 Å². The minimum atomic E-state index is -0.904. The molecule has 3 aliphatic rings. The number of rotatable bonds is 8. The molecule has 222 valence electrons. The summed E-state index contributed by atoms with van der Waals surface area (Å²) in [6.45, 7) is 6.57. The number of anilines is 1. The van der Waals surface area contributed by atoms with Crippen LogP contribution in [-0.2, 0) is 16.1 Å². The number of piperidine rings is 2. The van der Waals surface area contributed by atoms with Crippen molar-refractivity contribution >= 4 is 11.8 Å². The Morgan fingerprint density at radius 1 is 1.05 bits per heavy atom. The fourth-order valence-electron chi connectivity index (χ4n) is 6.41. The summed E-state index contributed by atoms with van der Waals surface area (Å²) in [6, 6.07) is 13.4. The SMILES string of the molecule is Cc1cc(C2CCN(C3COC3)CC2)ccc1COc1c(F)cc(F)cc1-c1cccc(N2CCCCC2C(=O)O)n1. The Bertz CT molecular complexity index is 1440. The minimum absolute atomic E-state index is 0.0784. The highest BCUT2D eigenvalue weighted by molar-refractivity contribution is 5.78. The quantitative estimate of drug-likeness (QED) is 0.355. The van der Waals surface area contributed by atoms with Gasteiger partial charge in [-0.15, -0.1) is 0 Å². The second kappa shape index (κ2) is 12.4. The third-order valence-corrected chi connectivity index (χ3v) is 8.98. The van der Waals surface area contributed by atoms with Crippen LogP contribution in [-0.4, -0.2) is 65.9 Å². The summed E-state index contributed by atoms with van der Waals surface area (Å²) in [4.78, 5) is 20.8. The van der Waals surface area contributed by atoms with Crippen LogP contribution >= 0.6 is 0 Å². The summed E-state index contributed by atoms with van der Waals surface area (Å²) >= 11 is 0. The lowest BCUT2D eigenvalue weighted by Gasteiger charge is -2.41. The molecule has 4 heterocycles. The summed E-state index contributed by atoms with van der Waals surface area (Å²) in [5.74, 6) is -1.55. The first kappa shape index (κ1) is 28.6. The Hall–Kier alpha value is -3.56. The lowest BCUT2D eigenvalue weighted by atomic mass is 9.87. The van der Waals surface area contributed by atoms with E-state index in [9.17, 15) is 14.3 Å². The third-order valence-electron chi connectivity index (χ3n) is 8.98. The second-order valence-electron chi connectivity index (χ2n) is 11.7. The van der Waals surface area contributed by atoms with Crippen LogP contribution in [0.2, 0.25) is 0 Å². The number of hydrogen-bond acceptors (Lipinski definition) is 6. The zero-order valence-electron chi connectivity index (χ0n) is 23.9. The average molecular weight is 578 g/mol. The maximum Gasteiger partial charge on any atom is 0.326 e. The molecule has 0 saturated carbocycles. The molecule has 0 bridgehead atoms. The smallest absolute Gasteiger partial charge is 0.326 e. The van der Waals surface area contributed by atoms with Crippen molar-refractivity contribution in [2.24, 2.45) is 0 Å². The molecule has 3 saturated heterocycles. The Labute approximate surface area is 245 Å². The molecule has 9 heteroatoms. The number of aryl methyl sites for hydroxylation is 1. The summed E-state index contributed by atoms with van der Waals surface area (Å²) in [5.41, 5.74) is 3.82. The number of aromatic nitrogens is 1. The summed E-state index contributed by atoms with van der Waals surface area (Å²) < 4.78 is 41.0. The highest BCUT2D eigenvalue weighted by atomic mass is 19.1. The van der Waals surface area contributed by atoms with Crippen LogP contribution in [0, 0.1) is 18.6 Å². The molecule has 7 nitrogen and oxygen atoms in total. The first-order chi connectivity index (χ1) is 20.4. The number of aliphatic carboxylic acids is 1. The van der Waals surface area contributed by atoms with Crippen LogP contribution in [0.3, 0.4) is 0 Å². The van der Waals surface area contributed by atoms with E-state index in [1.54, 1.807) is 23.1 Å². The standard InChI is InChI=1S/C33H37F2N3O4/c1-21-15-23(22-10-13-37(14-11-22)26-19-41-20-26)8-9-24(21)18-42-32-27(16-25(34)17-28(32)35)29-5-4-7-31(36-29)38-12-3-2-6-30(38)33(39)40/h4-5,7-9,15-17,22,26,30H,2-3,6,10-14,18-20H2,1H3,(H,39,40).